The number of para-hydroxylation sites is 2. The lowest BCUT2D eigenvalue weighted by Gasteiger charge is -2.35. The summed E-state index contributed by atoms with van der Waals surface area (Å²) in [5.41, 5.74) is 6.34. The number of amides is 1. The van der Waals surface area contributed by atoms with Gasteiger partial charge in [-0.05, 0) is 73.7 Å². The summed E-state index contributed by atoms with van der Waals surface area (Å²) >= 11 is 0. The molecule has 1 heterocycles. The van der Waals surface area contributed by atoms with Gasteiger partial charge in [-0.1, -0.05) is 36.4 Å². The highest BCUT2D eigenvalue weighted by molar-refractivity contribution is 6.06. The number of nitrogens with zero attached hydrogens (tertiary/aromatic N) is 2. The van der Waals surface area contributed by atoms with Crippen LogP contribution in [0.4, 0.5) is 17.1 Å². The number of fused-ring (bicyclic) bond motifs is 1. The second kappa shape index (κ2) is 10.7. The zero-order valence-electron chi connectivity index (χ0n) is 22.5. The van der Waals surface area contributed by atoms with Crippen molar-refractivity contribution in [1.82, 2.24) is 0 Å². The molecule has 1 N–H and O–H groups in total. The molecule has 0 saturated carbocycles. The number of methoxy groups -OCH3 is 1. The molecule has 1 amide bonds. The number of benzene rings is 3. The van der Waals surface area contributed by atoms with Crippen LogP contribution in [0.1, 0.15) is 56.7 Å². The first kappa shape index (κ1) is 25.6. The van der Waals surface area contributed by atoms with E-state index in [1.54, 1.807) is 18.9 Å². The number of ketones is 1. The summed E-state index contributed by atoms with van der Waals surface area (Å²) in [6.45, 7) is 7.68. The number of carbonyl (C=O) groups is 2. The van der Waals surface area contributed by atoms with Crippen LogP contribution in [0.5, 0.6) is 5.75 Å². The van der Waals surface area contributed by atoms with Crippen LogP contribution in [-0.4, -0.2) is 31.9 Å². The molecule has 0 saturated heterocycles. The minimum Gasteiger partial charge on any atom is -0.497 e. The van der Waals surface area contributed by atoms with Gasteiger partial charge in [-0.3, -0.25) is 14.5 Å². The highest BCUT2D eigenvalue weighted by atomic mass is 16.5. The summed E-state index contributed by atoms with van der Waals surface area (Å²) in [7, 11) is 1.65. The van der Waals surface area contributed by atoms with E-state index in [2.05, 4.69) is 48.3 Å². The number of ether oxygens (including phenoxy) is 1. The Kier molecular flexibility index (Phi) is 7.23. The molecular formula is C32H35N3O3. The van der Waals surface area contributed by atoms with Gasteiger partial charge < -0.3 is 15.0 Å². The van der Waals surface area contributed by atoms with Crippen molar-refractivity contribution in [3.63, 3.8) is 0 Å². The fourth-order valence-corrected chi connectivity index (χ4v) is 5.82. The van der Waals surface area contributed by atoms with Crippen LogP contribution in [0.25, 0.3) is 0 Å². The topological polar surface area (TPSA) is 61.9 Å². The zero-order chi connectivity index (χ0) is 26.8. The molecular weight excluding hydrogens is 474 g/mol. The molecule has 0 unspecified atom stereocenters. The van der Waals surface area contributed by atoms with E-state index < -0.39 is 6.04 Å². The van der Waals surface area contributed by atoms with Gasteiger partial charge in [-0.2, -0.15) is 0 Å². The fourth-order valence-electron chi connectivity index (χ4n) is 5.82. The number of Topliss-reactive ketones (excluding diaryl/α,β-unsaturated/α-hetero) is 1. The molecule has 0 spiro atoms. The molecule has 1 aliphatic carbocycles. The maximum Gasteiger partial charge on any atom is 0.224 e. The van der Waals surface area contributed by atoms with E-state index in [1.165, 1.54) is 0 Å². The van der Waals surface area contributed by atoms with Crippen LogP contribution in [0, 0.1) is 0 Å². The Morgan fingerprint density at radius 2 is 1.61 bits per heavy atom. The number of allylic oxidation sites excluding steroid dienone is 1. The Morgan fingerprint density at radius 3 is 2.24 bits per heavy atom. The summed E-state index contributed by atoms with van der Waals surface area (Å²) in [5, 5.41) is 3.58. The van der Waals surface area contributed by atoms with E-state index >= 15 is 0 Å². The molecule has 196 valence electrons. The van der Waals surface area contributed by atoms with Gasteiger partial charge in [0.1, 0.15) is 5.75 Å². The third kappa shape index (κ3) is 4.67. The summed E-state index contributed by atoms with van der Waals surface area (Å²) in [4.78, 5) is 31.3. The predicted octanol–water partition coefficient (Wildman–Crippen LogP) is 6.46. The van der Waals surface area contributed by atoms with Gasteiger partial charge in [0, 0.05) is 43.4 Å². The minimum absolute atomic E-state index is 0.0430. The van der Waals surface area contributed by atoms with Crippen LogP contribution >= 0.6 is 0 Å². The van der Waals surface area contributed by atoms with Crippen molar-refractivity contribution in [3.8, 4) is 5.75 Å². The average molecular weight is 510 g/mol. The molecule has 2 aliphatic rings. The molecule has 0 bridgehead atoms. The quantitative estimate of drug-likeness (QED) is 0.413. The van der Waals surface area contributed by atoms with E-state index in [0.717, 1.165) is 52.7 Å². The monoisotopic (exact) mass is 509 g/mol. The summed E-state index contributed by atoms with van der Waals surface area (Å²) < 4.78 is 5.32. The molecule has 38 heavy (non-hydrogen) atoms. The van der Waals surface area contributed by atoms with Crippen LogP contribution in [0.3, 0.4) is 0 Å². The lowest BCUT2D eigenvalue weighted by Crippen LogP contribution is -2.37. The maximum absolute atomic E-state index is 14.0. The Balaban J connectivity index is 1.63. The Bertz CT molecular complexity index is 1360. The zero-order valence-corrected chi connectivity index (χ0v) is 22.5. The molecule has 6 nitrogen and oxygen atoms in total. The van der Waals surface area contributed by atoms with E-state index in [4.69, 9.17) is 4.74 Å². The van der Waals surface area contributed by atoms with Crippen molar-refractivity contribution in [2.24, 2.45) is 0 Å². The smallest absolute Gasteiger partial charge is 0.224 e. The molecule has 0 aromatic heterocycles. The number of anilines is 3. The third-order valence-corrected chi connectivity index (χ3v) is 7.75. The first-order valence-electron chi connectivity index (χ1n) is 13.4. The lowest BCUT2D eigenvalue weighted by molar-refractivity contribution is -0.117. The highest BCUT2D eigenvalue weighted by Gasteiger charge is 2.40. The fraction of sp³-hybridized carbons (Fsp3) is 0.312. The van der Waals surface area contributed by atoms with Crippen LogP contribution in [0.15, 0.2) is 84.1 Å². The van der Waals surface area contributed by atoms with Crippen molar-refractivity contribution < 1.29 is 14.3 Å². The Morgan fingerprint density at radius 1 is 0.947 bits per heavy atom. The van der Waals surface area contributed by atoms with Crippen molar-refractivity contribution in [2.75, 3.05) is 35.3 Å². The van der Waals surface area contributed by atoms with E-state index in [0.29, 0.717) is 18.4 Å². The van der Waals surface area contributed by atoms with Crippen LogP contribution < -0.4 is 19.9 Å². The van der Waals surface area contributed by atoms with Gasteiger partial charge in [0.25, 0.3) is 0 Å². The van der Waals surface area contributed by atoms with Crippen LogP contribution in [0.2, 0.25) is 0 Å². The first-order valence-corrected chi connectivity index (χ1v) is 13.4. The second-order valence-electron chi connectivity index (χ2n) is 9.89. The SMILES string of the molecule is CCN(CC)c1ccc([C@@H]2C3=C(C[C@H](c4ccc(OC)cc4)CC3=O)Nc3ccccc3N2C(C)=O)cc1. The second-order valence-corrected chi connectivity index (χ2v) is 9.89. The van der Waals surface area contributed by atoms with Crippen molar-refractivity contribution >= 4 is 28.8 Å². The normalized spacial score (nSPS) is 18.7. The summed E-state index contributed by atoms with van der Waals surface area (Å²) in [6, 6.07) is 23.6. The predicted molar refractivity (Wildman–Crippen MR) is 153 cm³/mol. The maximum atomic E-state index is 14.0. The lowest BCUT2D eigenvalue weighted by atomic mass is 9.78. The summed E-state index contributed by atoms with van der Waals surface area (Å²) in [6.07, 6.45) is 1.07. The molecule has 0 fully saturated rings. The largest absolute Gasteiger partial charge is 0.497 e. The minimum atomic E-state index is -0.506. The van der Waals surface area contributed by atoms with E-state index in [1.807, 2.05) is 48.5 Å². The number of rotatable bonds is 6. The average Bonchev–Trinajstić information content (AvgIpc) is 3.09. The molecule has 3 aromatic rings. The Labute approximate surface area is 224 Å². The van der Waals surface area contributed by atoms with Gasteiger partial charge in [0.2, 0.25) is 5.91 Å². The molecule has 5 rings (SSSR count). The molecule has 6 heteroatoms. The van der Waals surface area contributed by atoms with Gasteiger partial charge in [-0.15, -0.1) is 0 Å². The van der Waals surface area contributed by atoms with Gasteiger partial charge >= 0.3 is 0 Å². The first-order chi connectivity index (χ1) is 18.4. The number of nitrogens with one attached hydrogen (secondary N) is 1. The van der Waals surface area contributed by atoms with Gasteiger partial charge in [0.15, 0.2) is 5.78 Å². The molecule has 1 aliphatic heterocycles. The van der Waals surface area contributed by atoms with Gasteiger partial charge in [0.05, 0.1) is 24.5 Å². The third-order valence-electron chi connectivity index (χ3n) is 7.75. The molecule has 2 atom stereocenters. The number of carbonyl (C=O) groups excluding carboxylic acids is 2. The van der Waals surface area contributed by atoms with Crippen LogP contribution in [-0.2, 0) is 9.59 Å². The molecule has 0 radical (unpaired) electrons. The Hall–Kier alpha value is -4.06. The van der Waals surface area contributed by atoms with Crippen molar-refractivity contribution in [2.45, 2.75) is 45.6 Å². The van der Waals surface area contributed by atoms with E-state index in [9.17, 15) is 9.59 Å². The van der Waals surface area contributed by atoms with Gasteiger partial charge in [-0.25, -0.2) is 0 Å². The summed E-state index contributed by atoms with van der Waals surface area (Å²) in [5.74, 6) is 0.802. The van der Waals surface area contributed by atoms with E-state index in [-0.39, 0.29) is 17.6 Å². The molecule has 3 aromatic carbocycles. The standard InChI is InChI=1S/C32H35N3O3/c1-5-34(6-2)25-15-11-23(12-16-25)32-31-28(33-27-9-7-8-10-29(27)35(32)21(3)36)19-24(20-30(31)37)22-13-17-26(38-4)18-14-22/h7-18,24,32-33H,5-6,19-20H2,1-4H3/t24-,32+/m0/s1. The number of hydrogen-bond acceptors (Lipinski definition) is 5. The highest BCUT2D eigenvalue weighted by Crippen LogP contribution is 2.47. The van der Waals surface area contributed by atoms with Crippen molar-refractivity contribution in [1.29, 1.82) is 0 Å². The number of hydrogen-bond donors (Lipinski definition) is 1. The van der Waals surface area contributed by atoms with Crippen molar-refractivity contribution in [3.05, 3.63) is 95.2 Å².